The number of fused-ring (bicyclic) bond motifs is 1. The van der Waals surface area contributed by atoms with E-state index in [9.17, 15) is 85.8 Å². The topological polar surface area (TPSA) is 545 Å². The standard InChI is InChI=1S/C81H109N17O19S/c1-7-50(6)70(76(108)91-63(43-55-46-84-48-88-55)77(109)98-39-19-23-65(98)74(106)92-64(78(110)111)41-51-20-12-10-13-21-51)94-73(105)62(40-52-25-32-58(99)33-26-52)90-75(107)69(49(4)5)93-72(104)61(89-71(103)60(82)45-68(101)102)22-18-37-86-80(83)95-81(113)87-36-16-15-35-85-67(100)24-14-11-17-38-97-47-59(118(114,115)116)34-31-56(97)29-28-54-42-53-27-30-57(96(8-2)9-3)44-66(53)117-79(54)112/h10,12-13,20-21,25-34,42,44,46-50,60-65,69-70H,7-9,11,14-19,22-24,35-41,43,45,82H2,1-6H3,(H15-,83,84,85,86,87,88,89,90,91,92,93,94,95,99,100,101,102,103,104,105,106,107,108,110,111,113,114,115,116)/p+1/t50-,60-,61-,62-,63-,64-,65-,69-,70-/m0/s1. The highest BCUT2D eigenvalue weighted by atomic mass is 32.2. The van der Waals surface area contributed by atoms with Crippen LogP contribution in [0.2, 0.25) is 0 Å². The number of amides is 10. The number of benzene rings is 3. The lowest BCUT2D eigenvalue weighted by molar-refractivity contribution is -0.700. The fourth-order valence-corrected chi connectivity index (χ4v) is 13.8. The number of aromatic amines is 1. The summed E-state index contributed by atoms with van der Waals surface area (Å²) in [6, 6.07) is 12.6. The van der Waals surface area contributed by atoms with Crippen molar-refractivity contribution in [3.63, 3.8) is 0 Å². The van der Waals surface area contributed by atoms with Crippen LogP contribution in [0.5, 0.6) is 5.75 Å². The van der Waals surface area contributed by atoms with Crippen molar-refractivity contribution in [2.24, 2.45) is 28.3 Å². The van der Waals surface area contributed by atoms with E-state index in [2.05, 4.69) is 67.7 Å². The van der Waals surface area contributed by atoms with Crippen LogP contribution >= 0.6 is 0 Å². The molecule has 9 atom stereocenters. The number of nitrogens with one attached hydrogen (secondary N) is 10. The molecule has 0 unspecified atom stereocenters. The second-order valence-corrected chi connectivity index (χ2v) is 30.7. The molecule has 7 rings (SSSR count). The van der Waals surface area contributed by atoms with Crippen molar-refractivity contribution in [3.05, 3.63) is 148 Å². The number of guanidine groups is 1. The summed E-state index contributed by atoms with van der Waals surface area (Å²) in [5.41, 5.74) is 15.1. The van der Waals surface area contributed by atoms with Crippen molar-refractivity contribution in [2.45, 2.75) is 198 Å². The number of pyridine rings is 1. The first kappa shape index (κ1) is 93.0. The highest BCUT2D eigenvalue weighted by Gasteiger charge is 2.41. The molecule has 0 saturated carbocycles. The Bertz CT molecular complexity index is 4680. The SMILES string of the molecule is CC[C@H](C)[C@H](NC(=O)[C@H](Cc1ccc(O)cc1)NC(=O)[C@@H](NC(=O)[C@H](CCCNC(N)=NC(=O)NCCCCNC(=O)CCCCC[n+]1cc(S(=O)(=O)O)ccc1/C=C/c1cc2ccc(N(CC)CC)cc2oc1=O)NC(=O)[C@@H](N)CC(=O)O)C(C)C)C(=O)N[C@@H](Cc1cnc[nH]1)C(=O)N1CCC[C@H]1C(=O)N[C@@H](Cc1ccccc1)C(=O)O. The predicted octanol–water partition coefficient (Wildman–Crippen LogP) is 2.84. The van der Waals surface area contributed by atoms with E-state index in [-0.39, 0.29) is 92.7 Å². The van der Waals surface area contributed by atoms with Crippen LogP contribution in [0.15, 0.2) is 129 Å². The Labute approximate surface area is 683 Å². The van der Waals surface area contributed by atoms with Gasteiger partial charge in [0.2, 0.25) is 53.0 Å². The first-order valence-corrected chi connectivity index (χ1v) is 41.0. The third-order valence-electron chi connectivity index (χ3n) is 20.1. The van der Waals surface area contributed by atoms with E-state index in [4.69, 9.17) is 15.9 Å². The highest BCUT2D eigenvalue weighted by molar-refractivity contribution is 7.85. The fourth-order valence-electron chi connectivity index (χ4n) is 13.3. The first-order chi connectivity index (χ1) is 56.2. The molecule has 3 aromatic heterocycles. The molecule has 1 aliphatic rings. The number of nitrogens with zero attached hydrogens (tertiary/aromatic N) is 5. The number of anilines is 1. The molecule has 1 fully saturated rings. The molecule has 37 heteroatoms. The maximum absolute atomic E-state index is 14.8. The summed E-state index contributed by atoms with van der Waals surface area (Å²) in [5.74, 6) is -10.6. The number of aromatic hydroxyl groups is 1. The molecule has 0 bridgehead atoms. The van der Waals surface area contributed by atoms with Crippen LogP contribution in [0.3, 0.4) is 0 Å². The number of hydrogen-bond donors (Lipinski definition) is 16. The third kappa shape index (κ3) is 29.3. The zero-order valence-electron chi connectivity index (χ0n) is 67.1. The van der Waals surface area contributed by atoms with E-state index in [0.717, 1.165) is 24.2 Å². The number of carboxylic acids is 2. The fraction of sp³-hybridized carbons (Fsp3) is 0.469. The minimum absolute atomic E-state index is 0.0288. The number of phenols is 1. The highest BCUT2D eigenvalue weighted by Crippen LogP contribution is 2.25. The monoisotopic (exact) mass is 1660 g/mol. The molecular formula is C81H110N17O19S+. The summed E-state index contributed by atoms with van der Waals surface area (Å²) in [6.07, 6.45) is 9.61. The maximum Gasteiger partial charge on any atom is 0.344 e. The van der Waals surface area contributed by atoms with E-state index < -0.39 is 142 Å². The Hall–Kier alpha value is -12.1. The molecule has 6 aromatic rings. The van der Waals surface area contributed by atoms with Crippen LogP contribution in [0.25, 0.3) is 23.1 Å². The van der Waals surface area contributed by atoms with E-state index in [1.807, 2.05) is 32.0 Å². The van der Waals surface area contributed by atoms with E-state index in [1.165, 1.54) is 60.0 Å². The lowest BCUT2D eigenvalue weighted by Crippen LogP contribution is -2.62. The van der Waals surface area contributed by atoms with Gasteiger partial charge in [-0.25, -0.2) is 19.4 Å². The Morgan fingerprint density at radius 2 is 1.36 bits per heavy atom. The number of aryl methyl sites for hydroxylation is 1. The number of carbonyl (C=O) groups is 11. The van der Waals surface area contributed by atoms with Crippen molar-refractivity contribution in [1.29, 1.82) is 0 Å². The number of carboxylic acid groups (broad SMARTS) is 2. The summed E-state index contributed by atoms with van der Waals surface area (Å²) in [4.78, 5) is 177. The molecule has 4 heterocycles. The molecule has 36 nitrogen and oxygen atoms in total. The van der Waals surface area contributed by atoms with E-state index >= 15 is 0 Å². The Kier molecular flexibility index (Phi) is 36.3. The smallest absolute Gasteiger partial charge is 0.344 e. The molecule has 18 N–H and O–H groups in total. The molecule has 3 aromatic carbocycles. The van der Waals surface area contributed by atoms with Crippen molar-refractivity contribution >= 4 is 110 Å². The lowest BCUT2D eigenvalue weighted by atomic mass is 9.96. The normalized spacial score (nSPS) is 15.0. The molecule has 0 aliphatic carbocycles. The molecule has 1 saturated heterocycles. The van der Waals surface area contributed by atoms with Crippen molar-refractivity contribution < 1.29 is 90.0 Å². The number of hydrogen-bond acceptors (Lipinski definition) is 19. The van der Waals surface area contributed by atoms with E-state index in [0.29, 0.717) is 86.1 Å². The van der Waals surface area contributed by atoms with Gasteiger partial charge in [-0.2, -0.15) is 18.0 Å². The molecule has 0 spiro atoms. The molecular weight excluding hydrogens is 1550 g/mol. The van der Waals surface area contributed by atoms with Gasteiger partial charge in [0, 0.05) is 113 Å². The molecule has 0 radical (unpaired) electrons. The number of phenolic OH excluding ortho intramolecular Hbond substituents is 1. The number of aliphatic carboxylic acids is 2. The predicted molar refractivity (Wildman–Crippen MR) is 437 cm³/mol. The largest absolute Gasteiger partial charge is 0.508 e. The van der Waals surface area contributed by atoms with Crippen molar-refractivity contribution in [3.8, 4) is 5.75 Å². The number of unbranched alkanes of at least 4 members (excludes halogenated alkanes) is 3. The van der Waals surface area contributed by atoms with Crippen LogP contribution in [-0.4, -0.2) is 202 Å². The van der Waals surface area contributed by atoms with Gasteiger partial charge in [0.15, 0.2) is 17.1 Å². The van der Waals surface area contributed by atoms with Gasteiger partial charge in [-0.05, 0) is 131 Å². The van der Waals surface area contributed by atoms with E-state index in [1.54, 1.807) is 80.8 Å². The van der Waals surface area contributed by atoms with Gasteiger partial charge >= 0.3 is 23.6 Å². The Morgan fingerprint density at radius 1 is 0.712 bits per heavy atom. The molecule has 10 amide bonds. The number of likely N-dealkylation sites (tertiary alicyclic amines) is 1. The Morgan fingerprint density at radius 3 is 2.03 bits per heavy atom. The molecule has 638 valence electrons. The summed E-state index contributed by atoms with van der Waals surface area (Å²) < 4.78 is 41.3. The number of imidazole rings is 1. The quantitative estimate of drug-likeness (QED) is 0.00652. The van der Waals surface area contributed by atoms with Gasteiger partial charge in [0.1, 0.15) is 60.2 Å². The number of aliphatic imine (C=N–C) groups is 1. The van der Waals surface area contributed by atoms with Crippen LogP contribution < -0.4 is 74.4 Å². The lowest BCUT2D eigenvalue weighted by Gasteiger charge is -2.32. The third-order valence-corrected chi connectivity index (χ3v) is 20.9. The van der Waals surface area contributed by atoms with Crippen molar-refractivity contribution in [1.82, 2.24) is 62.7 Å². The zero-order chi connectivity index (χ0) is 86.2. The summed E-state index contributed by atoms with van der Waals surface area (Å²) in [7, 11) is -4.54. The number of carbonyl (C=O) groups excluding carboxylic acids is 9. The van der Waals surface area contributed by atoms with Gasteiger partial charge < -0.3 is 93.8 Å². The van der Waals surface area contributed by atoms with Gasteiger partial charge in [-0.3, -0.25) is 47.7 Å². The number of H-pyrrole nitrogens is 1. The van der Waals surface area contributed by atoms with Crippen LogP contribution in [0, 0.1) is 11.8 Å². The average molecular weight is 1660 g/mol. The second-order valence-electron chi connectivity index (χ2n) is 29.3. The molecule has 118 heavy (non-hydrogen) atoms. The number of nitrogens with two attached hydrogens (primary N) is 2. The van der Waals surface area contributed by atoms with Gasteiger partial charge in [-0.1, -0.05) is 76.6 Å². The number of urea groups is 1. The van der Waals surface area contributed by atoms with Gasteiger partial charge in [0.05, 0.1) is 24.4 Å². The van der Waals surface area contributed by atoms with Crippen LogP contribution in [0.4, 0.5) is 10.5 Å². The minimum Gasteiger partial charge on any atom is -0.508 e. The zero-order valence-corrected chi connectivity index (χ0v) is 67.9. The average Bonchev–Trinajstić information content (AvgIpc) is 1.31. The summed E-state index contributed by atoms with van der Waals surface area (Å²) in [5, 5.41) is 54.6. The number of rotatable bonds is 46. The van der Waals surface area contributed by atoms with Crippen LogP contribution in [-0.2, 0) is 83.9 Å². The second kappa shape index (κ2) is 46.0. The summed E-state index contributed by atoms with van der Waals surface area (Å²) in [6.45, 7) is 13.1. The Balaban J connectivity index is 0.901. The summed E-state index contributed by atoms with van der Waals surface area (Å²) >= 11 is 0. The molecule has 1 aliphatic heterocycles. The van der Waals surface area contributed by atoms with Gasteiger partial charge in [-0.15, -0.1) is 0 Å². The van der Waals surface area contributed by atoms with Crippen molar-refractivity contribution in [2.75, 3.05) is 44.2 Å². The van der Waals surface area contributed by atoms with Gasteiger partial charge in [0.25, 0.3) is 10.1 Å². The maximum atomic E-state index is 14.8. The van der Waals surface area contributed by atoms with Crippen LogP contribution in [0.1, 0.15) is 147 Å². The minimum atomic E-state index is -4.54. The first-order valence-electron chi connectivity index (χ1n) is 39.5. The number of aromatic nitrogens is 3.